The van der Waals surface area contributed by atoms with Crippen molar-refractivity contribution in [3.05, 3.63) is 34.1 Å². The van der Waals surface area contributed by atoms with Gasteiger partial charge in [0.25, 0.3) is 0 Å². The van der Waals surface area contributed by atoms with Crippen LogP contribution in [0.5, 0.6) is 0 Å². The average molecular weight is 337 g/mol. The van der Waals surface area contributed by atoms with Gasteiger partial charge >= 0.3 is 0 Å². The van der Waals surface area contributed by atoms with Crippen molar-refractivity contribution in [3.8, 4) is 6.07 Å². The molecule has 0 saturated carbocycles. The molecule has 1 fully saturated rings. The maximum absolute atomic E-state index is 9.29. The normalized spacial score (nSPS) is 15.0. The molecule has 1 aliphatic heterocycles. The van der Waals surface area contributed by atoms with E-state index in [2.05, 4.69) is 26.1 Å². The fraction of sp³-hybridized carbons (Fsp3) is 0.357. The van der Waals surface area contributed by atoms with Crippen LogP contribution in [0.25, 0.3) is 0 Å². The molecule has 0 aliphatic carbocycles. The van der Waals surface area contributed by atoms with Crippen molar-refractivity contribution in [2.75, 3.05) is 36.0 Å². The van der Waals surface area contributed by atoms with Crippen molar-refractivity contribution in [2.45, 2.75) is 0 Å². The number of piperazine rings is 1. The van der Waals surface area contributed by atoms with Crippen molar-refractivity contribution in [2.24, 2.45) is 7.05 Å². The number of nitrogens with zero attached hydrogens (tertiary/aromatic N) is 6. The fourth-order valence-electron chi connectivity index (χ4n) is 2.63. The lowest BCUT2D eigenvalue weighted by molar-refractivity contribution is 0.629. The third-order valence-electron chi connectivity index (χ3n) is 3.76. The molecule has 2 heterocycles. The van der Waals surface area contributed by atoms with Crippen LogP contribution in [0, 0.1) is 11.3 Å². The number of rotatable bonds is 2. The molecule has 1 saturated heterocycles. The van der Waals surface area contributed by atoms with Crippen LogP contribution >= 0.6 is 23.2 Å². The quantitative estimate of drug-likeness (QED) is 0.842. The van der Waals surface area contributed by atoms with Crippen LogP contribution in [0.2, 0.25) is 10.0 Å². The van der Waals surface area contributed by atoms with E-state index < -0.39 is 0 Å². The standard InChI is InChI=1S/C14H14Cl2N6/c1-20-9-18-19-14(20)22-6-4-21(5-7-22)13-10(8-17)2-3-11(15)12(13)16/h2-3,9H,4-7H2,1H3. The van der Waals surface area contributed by atoms with Gasteiger partial charge in [0.1, 0.15) is 12.4 Å². The molecule has 0 amide bonds. The molecule has 2 aromatic rings. The average Bonchev–Trinajstić information content (AvgIpc) is 2.96. The van der Waals surface area contributed by atoms with E-state index in [9.17, 15) is 5.26 Å². The monoisotopic (exact) mass is 336 g/mol. The summed E-state index contributed by atoms with van der Waals surface area (Å²) in [6.45, 7) is 3.03. The second-order valence-corrected chi connectivity index (χ2v) is 5.87. The predicted octanol–water partition coefficient (Wildman–Crippen LogP) is 2.32. The zero-order valence-electron chi connectivity index (χ0n) is 12.0. The van der Waals surface area contributed by atoms with Crippen LogP contribution in [0.1, 0.15) is 5.56 Å². The van der Waals surface area contributed by atoms with Gasteiger partial charge in [0, 0.05) is 33.2 Å². The van der Waals surface area contributed by atoms with Gasteiger partial charge in [-0.1, -0.05) is 23.2 Å². The minimum Gasteiger partial charge on any atom is -0.366 e. The van der Waals surface area contributed by atoms with E-state index >= 15 is 0 Å². The molecular weight excluding hydrogens is 323 g/mol. The number of anilines is 2. The largest absolute Gasteiger partial charge is 0.366 e. The minimum atomic E-state index is 0.438. The van der Waals surface area contributed by atoms with Gasteiger partial charge in [-0.05, 0) is 12.1 Å². The zero-order valence-corrected chi connectivity index (χ0v) is 13.5. The molecule has 0 unspecified atom stereocenters. The Kier molecular flexibility index (Phi) is 4.10. The van der Waals surface area contributed by atoms with Crippen LogP contribution in [0.3, 0.4) is 0 Å². The summed E-state index contributed by atoms with van der Waals surface area (Å²) in [5.74, 6) is 0.845. The third-order valence-corrected chi connectivity index (χ3v) is 4.55. The van der Waals surface area contributed by atoms with Crippen LogP contribution in [-0.4, -0.2) is 40.9 Å². The number of aromatic nitrogens is 3. The maximum Gasteiger partial charge on any atom is 0.226 e. The molecule has 0 spiro atoms. The van der Waals surface area contributed by atoms with Gasteiger partial charge in [0.15, 0.2) is 0 Å². The maximum atomic E-state index is 9.29. The van der Waals surface area contributed by atoms with Crippen molar-refractivity contribution < 1.29 is 0 Å². The smallest absolute Gasteiger partial charge is 0.226 e. The number of nitriles is 1. The first-order valence-electron chi connectivity index (χ1n) is 6.84. The zero-order chi connectivity index (χ0) is 15.7. The Morgan fingerprint density at radius 2 is 1.82 bits per heavy atom. The van der Waals surface area contributed by atoms with Gasteiger partial charge in [0.2, 0.25) is 5.95 Å². The first kappa shape index (κ1) is 14.9. The molecular formula is C14H14Cl2N6. The Morgan fingerprint density at radius 1 is 1.14 bits per heavy atom. The van der Waals surface area contributed by atoms with Gasteiger partial charge in [-0.15, -0.1) is 10.2 Å². The lowest BCUT2D eigenvalue weighted by Gasteiger charge is -2.37. The first-order chi connectivity index (χ1) is 10.6. The lowest BCUT2D eigenvalue weighted by atomic mass is 10.1. The number of aryl methyl sites for hydroxylation is 1. The molecule has 0 bridgehead atoms. The second-order valence-electron chi connectivity index (χ2n) is 5.09. The van der Waals surface area contributed by atoms with E-state index in [1.54, 1.807) is 18.5 Å². The molecule has 0 atom stereocenters. The molecule has 1 aliphatic rings. The molecule has 114 valence electrons. The fourth-order valence-corrected chi connectivity index (χ4v) is 3.07. The number of benzene rings is 1. The van der Waals surface area contributed by atoms with Crippen LogP contribution < -0.4 is 9.80 Å². The Bertz CT molecular complexity index is 727. The topological polar surface area (TPSA) is 61.0 Å². The van der Waals surface area contributed by atoms with Gasteiger partial charge in [-0.2, -0.15) is 5.26 Å². The van der Waals surface area contributed by atoms with Crippen LogP contribution in [-0.2, 0) is 7.05 Å². The Morgan fingerprint density at radius 3 is 2.41 bits per heavy atom. The van der Waals surface area contributed by atoms with E-state index in [0.717, 1.165) is 32.1 Å². The van der Waals surface area contributed by atoms with E-state index in [4.69, 9.17) is 23.2 Å². The molecule has 22 heavy (non-hydrogen) atoms. The summed E-state index contributed by atoms with van der Waals surface area (Å²) in [4.78, 5) is 4.26. The molecule has 8 heteroatoms. The highest BCUT2D eigenvalue weighted by Gasteiger charge is 2.24. The Balaban J connectivity index is 1.82. The molecule has 6 nitrogen and oxygen atoms in total. The van der Waals surface area contributed by atoms with Gasteiger partial charge < -0.3 is 14.4 Å². The summed E-state index contributed by atoms with van der Waals surface area (Å²) in [7, 11) is 1.92. The summed E-state index contributed by atoms with van der Waals surface area (Å²) < 4.78 is 1.89. The second kappa shape index (κ2) is 6.03. The van der Waals surface area contributed by atoms with E-state index in [1.807, 2.05) is 11.6 Å². The number of halogens is 2. The number of hydrogen-bond acceptors (Lipinski definition) is 5. The van der Waals surface area contributed by atoms with E-state index in [-0.39, 0.29) is 0 Å². The van der Waals surface area contributed by atoms with Gasteiger partial charge in [-0.25, -0.2) is 0 Å². The number of hydrogen-bond donors (Lipinski definition) is 0. The highest BCUT2D eigenvalue weighted by molar-refractivity contribution is 6.44. The highest BCUT2D eigenvalue weighted by atomic mass is 35.5. The summed E-state index contributed by atoms with van der Waals surface area (Å²) >= 11 is 12.4. The summed E-state index contributed by atoms with van der Waals surface area (Å²) in [5.41, 5.74) is 1.26. The van der Waals surface area contributed by atoms with Crippen molar-refractivity contribution in [1.29, 1.82) is 5.26 Å². The third kappa shape index (κ3) is 2.58. The minimum absolute atomic E-state index is 0.438. The molecule has 1 aromatic heterocycles. The van der Waals surface area contributed by atoms with Crippen molar-refractivity contribution >= 4 is 34.8 Å². The first-order valence-corrected chi connectivity index (χ1v) is 7.59. The molecule has 0 N–H and O–H groups in total. The van der Waals surface area contributed by atoms with E-state index in [1.165, 1.54) is 0 Å². The van der Waals surface area contributed by atoms with Gasteiger partial charge in [-0.3, -0.25) is 0 Å². The molecule has 3 rings (SSSR count). The lowest BCUT2D eigenvalue weighted by Crippen LogP contribution is -2.47. The van der Waals surface area contributed by atoms with Gasteiger partial charge in [0.05, 0.1) is 21.3 Å². The summed E-state index contributed by atoms with van der Waals surface area (Å²) in [6.07, 6.45) is 1.68. The van der Waals surface area contributed by atoms with Crippen molar-refractivity contribution in [1.82, 2.24) is 14.8 Å². The summed E-state index contributed by atoms with van der Waals surface area (Å²) in [5, 5.41) is 18.2. The SMILES string of the molecule is Cn1cnnc1N1CCN(c2c(C#N)ccc(Cl)c2Cl)CC1. The van der Waals surface area contributed by atoms with E-state index in [0.29, 0.717) is 21.3 Å². The van der Waals surface area contributed by atoms with Crippen LogP contribution in [0.4, 0.5) is 11.6 Å². The highest BCUT2D eigenvalue weighted by Crippen LogP contribution is 2.36. The Hall–Kier alpha value is -1.97. The van der Waals surface area contributed by atoms with Crippen molar-refractivity contribution in [3.63, 3.8) is 0 Å². The predicted molar refractivity (Wildman–Crippen MR) is 86.6 cm³/mol. The molecule has 0 radical (unpaired) electrons. The van der Waals surface area contributed by atoms with Crippen LogP contribution in [0.15, 0.2) is 18.5 Å². The molecule has 1 aromatic carbocycles. The Labute approximate surface area is 138 Å². The summed E-state index contributed by atoms with van der Waals surface area (Å²) in [6, 6.07) is 5.55.